The van der Waals surface area contributed by atoms with Crippen molar-refractivity contribution in [1.29, 1.82) is 0 Å². The third kappa shape index (κ3) is 3.02. The Balaban J connectivity index is 1.64. The van der Waals surface area contributed by atoms with Crippen molar-refractivity contribution in [2.45, 2.75) is 0 Å². The molecule has 0 fully saturated rings. The average molecular weight is 361 g/mol. The number of methoxy groups -OCH3 is 1. The molecule has 6 heteroatoms. The van der Waals surface area contributed by atoms with E-state index in [1.807, 2.05) is 47.8 Å². The lowest BCUT2D eigenvalue weighted by molar-refractivity contribution is 0.102. The predicted octanol–water partition coefficient (Wildman–Crippen LogP) is 4.62. The quantitative estimate of drug-likeness (QED) is 0.576. The van der Waals surface area contributed by atoms with Gasteiger partial charge in [-0.05, 0) is 29.7 Å². The summed E-state index contributed by atoms with van der Waals surface area (Å²) in [5.74, 6) is 0.537. The maximum Gasteiger partial charge on any atom is 0.258 e. The van der Waals surface area contributed by atoms with Crippen LogP contribution in [0.25, 0.3) is 22.2 Å². The SMILES string of the molecule is COc1ccc(C(=O)Nc2nc(-c3ccccn3)cs2)c2ccccc12. The Kier molecular flexibility index (Phi) is 4.33. The second kappa shape index (κ2) is 6.93. The first kappa shape index (κ1) is 16.2. The van der Waals surface area contributed by atoms with Gasteiger partial charge in [-0.15, -0.1) is 11.3 Å². The molecule has 1 amide bonds. The van der Waals surface area contributed by atoms with E-state index in [-0.39, 0.29) is 5.91 Å². The molecule has 5 nitrogen and oxygen atoms in total. The van der Waals surface area contributed by atoms with Gasteiger partial charge >= 0.3 is 0 Å². The number of thiazole rings is 1. The molecule has 0 saturated heterocycles. The number of amides is 1. The highest BCUT2D eigenvalue weighted by atomic mass is 32.1. The summed E-state index contributed by atoms with van der Waals surface area (Å²) in [7, 11) is 1.62. The number of hydrogen-bond acceptors (Lipinski definition) is 5. The predicted molar refractivity (Wildman–Crippen MR) is 104 cm³/mol. The van der Waals surface area contributed by atoms with Gasteiger partial charge in [0, 0.05) is 22.5 Å². The van der Waals surface area contributed by atoms with E-state index in [2.05, 4.69) is 15.3 Å². The standard InChI is InChI=1S/C20H15N3O2S/c1-25-18-10-9-15(13-6-2-3-7-14(13)18)19(24)23-20-22-17(12-26-20)16-8-4-5-11-21-16/h2-12H,1H3,(H,22,23,24). The number of pyridine rings is 1. The first-order valence-electron chi connectivity index (χ1n) is 8.00. The molecule has 0 radical (unpaired) electrons. The van der Waals surface area contributed by atoms with Gasteiger partial charge in [-0.3, -0.25) is 15.1 Å². The second-order valence-corrected chi connectivity index (χ2v) is 6.43. The summed E-state index contributed by atoms with van der Waals surface area (Å²) in [5.41, 5.74) is 2.10. The molecule has 0 atom stereocenters. The normalized spacial score (nSPS) is 10.7. The van der Waals surface area contributed by atoms with E-state index in [4.69, 9.17) is 4.74 Å². The van der Waals surface area contributed by atoms with Gasteiger partial charge in [0.25, 0.3) is 5.91 Å². The molecule has 0 saturated carbocycles. The number of aromatic nitrogens is 2. The molecule has 2 heterocycles. The van der Waals surface area contributed by atoms with Crippen molar-refractivity contribution >= 4 is 33.1 Å². The summed E-state index contributed by atoms with van der Waals surface area (Å²) >= 11 is 1.37. The van der Waals surface area contributed by atoms with Gasteiger partial charge in [0.2, 0.25) is 0 Å². The van der Waals surface area contributed by atoms with Crippen LogP contribution >= 0.6 is 11.3 Å². The number of hydrogen-bond donors (Lipinski definition) is 1. The van der Waals surface area contributed by atoms with E-state index in [0.717, 1.165) is 27.9 Å². The highest BCUT2D eigenvalue weighted by molar-refractivity contribution is 7.14. The van der Waals surface area contributed by atoms with Crippen molar-refractivity contribution in [3.63, 3.8) is 0 Å². The van der Waals surface area contributed by atoms with Crippen molar-refractivity contribution in [3.05, 3.63) is 71.7 Å². The molecule has 0 spiro atoms. The van der Waals surface area contributed by atoms with Crippen molar-refractivity contribution in [2.24, 2.45) is 0 Å². The maximum absolute atomic E-state index is 12.8. The summed E-state index contributed by atoms with van der Waals surface area (Å²) < 4.78 is 5.38. The van der Waals surface area contributed by atoms with Gasteiger partial charge in [-0.1, -0.05) is 30.3 Å². The Morgan fingerprint density at radius 2 is 1.81 bits per heavy atom. The number of anilines is 1. The average Bonchev–Trinajstić information content (AvgIpc) is 3.16. The molecule has 0 bridgehead atoms. The highest BCUT2D eigenvalue weighted by Crippen LogP contribution is 2.29. The number of ether oxygens (including phenoxy) is 1. The van der Waals surface area contributed by atoms with Gasteiger partial charge in [0.05, 0.1) is 12.8 Å². The molecular weight excluding hydrogens is 346 g/mol. The second-order valence-electron chi connectivity index (χ2n) is 5.57. The van der Waals surface area contributed by atoms with Gasteiger partial charge in [-0.25, -0.2) is 4.98 Å². The van der Waals surface area contributed by atoms with E-state index in [1.165, 1.54) is 11.3 Å². The lowest BCUT2D eigenvalue weighted by Crippen LogP contribution is -2.12. The van der Waals surface area contributed by atoms with E-state index in [0.29, 0.717) is 10.7 Å². The van der Waals surface area contributed by atoms with E-state index in [9.17, 15) is 4.79 Å². The molecule has 2 aromatic carbocycles. The molecule has 0 unspecified atom stereocenters. The number of benzene rings is 2. The number of nitrogens with one attached hydrogen (secondary N) is 1. The first-order valence-corrected chi connectivity index (χ1v) is 8.88. The minimum Gasteiger partial charge on any atom is -0.496 e. The summed E-state index contributed by atoms with van der Waals surface area (Å²) in [4.78, 5) is 21.5. The summed E-state index contributed by atoms with van der Waals surface area (Å²) in [6, 6.07) is 16.9. The molecule has 26 heavy (non-hydrogen) atoms. The maximum atomic E-state index is 12.8. The van der Waals surface area contributed by atoms with Crippen LogP contribution in [-0.2, 0) is 0 Å². The molecule has 0 aliphatic heterocycles. The van der Waals surface area contributed by atoms with E-state index < -0.39 is 0 Å². The number of carbonyl (C=O) groups excluding carboxylic acids is 1. The fourth-order valence-electron chi connectivity index (χ4n) is 2.77. The van der Waals surface area contributed by atoms with Crippen LogP contribution in [0.4, 0.5) is 5.13 Å². The Morgan fingerprint density at radius 1 is 1.00 bits per heavy atom. The van der Waals surface area contributed by atoms with Gasteiger partial charge in [-0.2, -0.15) is 0 Å². The van der Waals surface area contributed by atoms with Crippen LogP contribution < -0.4 is 10.1 Å². The van der Waals surface area contributed by atoms with Crippen LogP contribution in [0.5, 0.6) is 5.75 Å². The highest BCUT2D eigenvalue weighted by Gasteiger charge is 2.15. The third-order valence-electron chi connectivity index (χ3n) is 4.00. The lowest BCUT2D eigenvalue weighted by atomic mass is 10.0. The van der Waals surface area contributed by atoms with Crippen LogP contribution in [0.15, 0.2) is 66.2 Å². The Hall–Kier alpha value is -3.25. The van der Waals surface area contributed by atoms with Gasteiger partial charge < -0.3 is 4.74 Å². The number of fused-ring (bicyclic) bond motifs is 1. The molecule has 2 aromatic heterocycles. The van der Waals surface area contributed by atoms with Crippen LogP contribution in [0.2, 0.25) is 0 Å². The zero-order valence-electron chi connectivity index (χ0n) is 14.0. The van der Waals surface area contributed by atoms with Crippen molar-refractivity contribution in [1.82, 2.24) is 9.97 Å². The molecular formula is C20H15N3O2S. The Labute approximate surface area is 154 Å². The topological polar surface area (TPSA) is 64.1 Å². The van der Waals surface area contributed by atoms with Crippen LogP contribution in [-0.4, -0.2) is 23.0 Å². The largest absolute Gasteiger partial charge is 0.496 e. The number of nitrogens with zero attached hydrogens (tertiary/aromatic N) is 2. The number of carbonyl (C=O) groups is 1. The monoisotopic (exact) mass is 361 g/mol. The zero-order valence-corrected chi connectivity index (χ0v) is 14.8. The third-order valence-corrected chi connectivity index (χ3v) is 4.76. The summed E-state index contributed by atoms with van der Waals surface area (Å²) in [5, 5.41) is 7.03. The molecule has 4 aromatic rings. The summed E-state index contributed by atoms with van der Waals surface area (Å²) in [6.45, 7) is 0. The molecule has 0 aliphatic rings. The van der Waals surface area contributed by atoms with Crippen LogP contribution in [0, 0.1) is 0 Å². The van der Waals surface area contributed by atoms with Crippen molar-refractivity contribution in [2.75, 3.05) is 12.4 Å². The van der Waals surface area contributed by atoms with E-state index in [1.54, 1.807) is 25.4 Å². The minimum absolute atomic E-state index is 0.203. The van der Waals surface area contributed by atoms with E-state index >= 15 is 0 Å². The lowest BCUT2D eigenvalue weighted by Gasteiger charge is -2.09. The molecule has 128 valence electrons. The van der Waals surface area contributed by atoms with Crippen LogP contribution in [0.1, 0.15) is 10.4 Å². The minimum atomic E-state index is -0.203. The first-order chi connectivity index (χ1) is 12.8. The molecule has 1 N–H and O–H groups in total. The summed E-state index contributed by atoms with van der Waals surface area (Å²) in [6.07, 6.45) is 1.72. The van der Waals surface area contributed by atoms with Crippen LogP contribution in [0.3, 0.4) is 0 Å². The van der Waals surface area contributed by atoms with Crippen molar-refractivity contribution in [3.8, 4) is 17.1 Å². The Bertz CT molecular complexity index is 1080. The smallest absolute Gasteiger partial charge is 0.258 e. The van der Waals surface area contributed by atoms with Crippen molar-refractivity contribution < 1.29 is 9.53 Å². The fraction of sp³-hybridized carbons (Fsp3) is 0.0500. The van der Waals surface area contributed by atoms with Gasteiger partial charge in [0.15, 0.2) is 5.13 Å². The molecule has 4 rings (SSSR count). The zero-order chi connectivity index (χ0) is 17.9. The van der Waals surface area contributed by atoms with Gasteiger partial charge in [0.1, 0.15) is 11.4 Å². The fourth-order valence-corrected chi connectivity index (χ4v) is 3.47. The number of rotatable bonds is 4. The Morgan fingerprint density at radius 3 is 2.58 bits per heavy atom. The molecule has 0 aliphatic carbocycles.